The van der Waals surface area contributed by atoms with Crippen LogP contribution in [0.2, 0.25) is 0 Å². The van der Waals surface area contributed by atoms with E-state index in [4.69, 9.17) is 0 Å². The lowest BCUT2D eigenvalue weighted by Crippen LogP contribution is -2.65. The standard InChI is InChI=1S/C18H36N2O2/c1-13-15(21)12-20(13)16(22)14(19-18(5,6)7)10-8-9-11-17(2,3)4/h13-15,19,21H,8-12H2,1-7H3. The minimum Gasteiger partial charge on any atom is -0.389 e. The third-order valence-electron chi connectivity index (χ3n) is 4.29. The summed E-state index contributed by atoms with van der Waals surface area (Å²) < 4.78 is 0. The second-order valence-electron chi connectivity index (χ2n) is 9.05. The maximum Gasteiger partial charge on any atom is 0.240 e. The molecule has 3 unspecified atom stereocenters. The van der Waals surface area contributed by atoms with Crippen molar-refractivity contribution < 1.29 is 9.90 Å². The maximum absolute atomic E-state index is 12.7. The molecule has 22 heavy (non-hydrogen) atoms. The molecule has 4 nitrogen and oxygen atoms in total. The van der Waals surface area contributed by atoms with Crippen molar-refractivity contribution in [1.82, 2.24) is 10.2 Å². The van der Waals surface area contributed by atoms with Crippen molar-refractivity contribution in [3.63, 3.8) is 0 Å². The van der Waals surface area contributed by atoms with Crippen molar-refractivity contribution in [1.29, 1.82) is 0 Å². The number of nitrogens with one attached hydrogen (secondary N) is 1. The number of carbonyl (C=O) groups is 1. The number of hydrogen-bond donors (Lipinski definition) is 2. The zero-order chi connectivity index (χ0) is 17.1. The molecule has 130 valence electrons. The van der Waals surface area contributed by atoms with Crippen LogP contribution in [0.3, 0.4) is 0 Å². The Morgan fingerprint density at radius 2 is 1.82 bits per heavy atom. The average Bonchev–Trinajstić information content (AvgIpc) is 2.35. The number of carbonyl (C=O) groups excluding carboxylic acids is 1. The molecule has 1 fully saturated rings. The molecule has 1 amide bonds. The SMILES string of the molecule is CC1C(O)CN1C(=O)C(CCCCC(C)(C)C)NC(C)(C)C. The van der Waals surface area contributed by atoms with E-state index >= 15 is 0 Å². The van der Waals surface area contributed by atoms with Crippen molar-refractivity contribution in [3.8, 4) is 0 Å². The van der Waals surface area contributed by atoms with Crippen molar-refractivity contribution in [2.45, 2.75) is 97.9 Å². The van der Waals surface area contributed by atoms with Crippen LogP contribution in [-0.4, -0.2) is 46.2 Å². The molecule has 0 aliphatic carbocycles. The van der Waals surface area contributed by atoms with Crippen LogP contribution in [0.5, 0.6) is 0 Å². The summed E-state index contributed by atoms with van der Waals surface area (Å²) in [5.41, 5.74) is 0.268. The molecule has 3 atom stereocenters. The van der Waals surface area contributed by atoms with Crippen LogP contribution in [0, 0.1) is 5.41 Å². The largest absolute Gasteiger partial charge is 0.389 e. The first kappa shape index (κ1) is 19.4. The Labute approximate surface area is 136 Å². The third-order valence-corrected chi connectivity index (χ3v) is 4.29. The van der Waals surface area contributed by atoms with Crippen LogP contribution in [0.25, 0.3) is 0 Å². The van der Waals surface area contributed by atoms with Crippen LogP contribution in [0.4, 0.5) is 0 Å². The van der Waals surface area contributed by atoms with E-state index in [1.807, 2.05) is 6.92 Å². The Hall–Kier alpha value is -0.610. The Bertz CT molecular complexity index is 368. The highest BCUT2D eigenvalue weighted by Gasteiger charge is 2.40. The molecule has 1 heterocycles. The van der Waals surface area contributed by atoms with E-state index in [1.54, 1.807) is 4.90 Å². The van der Waals surface area contributed by atoms with Gasteiger partial charge in [0.15, 0.2) is 0 Å². The number of rotatable bonds is 6. The van der Waals surface area contributed by atoms with Crippen LogP contribution in [-0.2, 0) is 4.79 Å². The fourth-order valence-corrected chi connectivity index (χ4v) is 2.86. The number of hydrogen-bond acceptors (Lipinski definition) is 3. The second-order valence-corrected chi connectivity index (χ2v) is 9.05. The monoisotopic (exact) mass is 312 g/mol. The molecular formula is C18H36N2O2. The number of aliphatic hydroxyl groups excluding tert-OH is 1. The highest BCUT2D eigenvalue weighted by atomic mass is 16.3. The third kappa shape index (κ3) is 6.25. The summed E-state index contributed by atoms with van der Waals surface area (Å²) in [6, 6.07) is -0.193. The summed E-state index contributed by atoms with van der Waals surface area (Å²) in [6.07, 6.45) is 3.90. The summed E-state index contributed by atoms with van der Waals surface area (Å²) in [4.78, 5) is 14.5. The van der Waals surface area contributed by atoms with Crippen molar-refractivity contribution in [3.05, 3.63) is 0 Å². The number of aliphatic hydroxyl groups is 1. The van der Waals surface area contributed by atoms with Gasteiger partial charge in [0.2, 0.25) is 5.91 Å². The molecular weight excluding hydrogens is 276 g/mol. The van der Waals surface area contributed by atoms with Gasteiger partial charge in [0.1, 0.15) is 0 Å². The van der Waals surface area contributed by atoms with Gasteiger partial charge in [-0.2, -0.15) is 0 Å². The van der Waals surface area contributed by atoms with Gasteiger partial charge < -0.3 is 15.3 Å². The van der Waals surface area contributed by atoms with Gasteiger partial charge in [-0.25, -0.2) is 0 Å². The fraction of sp³-hybridized carbons (Fsp3) is 0.944. The summed E-state index contributed by atoms with van der Waals surface area (Å²) >= 11 is 0. The quantitative estimate of drug-likeness (QED) is 0.742. The molecule has 1 aliphatic rings. The molecule has 0 bridgehead atoms. The molecule has 0 aromatic heterocycles. The number of likely N-dealkylation sites (tertiary alicyclic amines) is 1. The van der Waals surface area contributed by atoms with Crippen LogP contribution < -0.4 is 5.32 Å². The average molecular weight is 312 g/mol. The number of unbranched alkanes of at least 4 members (excludes halogenated alkanes) is 1. The summed E-state index contributed by atoms with van der Waals surface area (Å²) in [5, 5.41) is 13.1. The van der Waals surface area contributed by atoms with E-state index in [2.05, 4.69) is 46.9 Å². The predicted octanol–water partition coefficient (Wildman–Crippen LogP) is 2.94. The Kier molecular flexibility index (Phi) is 6.46. The molecule has 4 heteroatoms. The topological polar surface area (TPSA) is 52.6 Å². The van der Waals surface area contributed by atoms with Crippen LogP contribution in [0.1, 0.15) is 74.1 Å². The summed E-state index contributed by atoms with van der Waals surface area (Å²) in [5.74, 6) is 0.142. The van der Waals surface area contributed by atoms with Gasteiger partial charge in [-0.05, 0) is 46.0 Å². The fourth-order valence-electron chi connectivity index (χ4n) is 2.86. The van der Waals surface area contributed by atoms with Gasteiger partial charge in [0, 0.05) is 12.1 Å². The van der Waals surface area contributed by atoms with Crippen LogP contribution >= 0.6 is 0 Å². The molecule has 0 aromatic carbocycles. The molecule has 0 radical (unpaired) electrons. The molecule has 0 spiro atoms. The Balaban J connectivity index is 2.55. The lowest BCUT2D eigenvalue weighted by atomic mass is 9.88. The van der Waals surface area contributed by atoms with Gasteiger partial charge in [-0.15, -0.1) is 0 Å². The molecule has 1 saturated heterocycles. The minimum absolute atomic E-state index is 0.0497. The first-order valence-electron chi connectivity index (χ1n) is 8.67. The smallest absolute Gasteiger partial charge is 0.240 e. The van der Waals surface area contributed by atoms with E-state index in [0.29, 0.717) is 12.0 Å². The van der Waals surface area contributed by atoms with Gasteiger partial charge in [0.25, 0.3) is 0 Å². The molecule has 0 saturated carbocycles. The number of amides is 1. The molecule has 2 N–H and O–H groups in total. The number of β-amino-alcohol motifs (C(OH)–C–C–N with tert-alkyl or cyclic N) is 1. The van der Waals surface area contributed by atoms with E-state index in [-0.39, 0.29) is 29.6 Å². The number of nitrogens with zero attached hydrogens (tertiary/aromatic N) is 1. The minimum atomic E-state index is -0.361. The first-order chi connectivity index (χ1) is 9.91. The van der Waals surface area contributed by atoms with E-state index < -0.39 is 0 Å². The van der Waals surface area contributed by atoms with Gasteiger partial charge >= 0.3 is 0 Å². The molecule has 1 rings (SSSR count). The predicted molar refractivity (Wildman–Crippen MR) is 91.8 cm³/mol. The normalized spacial score (nSPS) is 24.1. The Morgan fingerprint density at radius 1 is 1.23 bits per heavy atom. The summed E-state index contributed by atoms with van der Waals surface area (Å²) in [7, 11) is 0. The van der Waals surface area contributed by atoms with Crippen LogP contribution in [0.15, 0.2) is 0 Å². The van der Waals surface area contributed by atoms with Gasteiger partial charge in [0.05, 0.1) is 18.2 Å². The first-order valence-corrected chi connectivity index (χ1v) is 8.67. The Morgan fingerprint density at radius 3 is 2.23 bits per heavy atom. The van der Waals surface area contributed by atoms with E-state index in [1.165, 1.54) is 6.42 Å². The van der Waals surface area contributed by atoms with Gasteiger partial charge in [-0.1, -0.05) is 33.6 Å². The van der Waals surface area contributed by atoms with Crippen molar-refractivity contribution in [2.75, 3.05) is 6.54 Å². The lowest BCUT2D eigenvalue weighted by Gasteiger charge is -2.45. The lowest BCUT2D eigenvalue weighted by molar-refractivity contribution is -0.152. The van der Waals surface area contributed by atoms with Gasteiger partial charge in [-0.3, -0.25) is 4.79 Å². The van der Waals surface area contributed by atoms with E-state index in [0.717, 1.165) is 19.3 Å². The van der Waals surface area contributed by atoms with E-state index in [9.17, 15) is 9.90 Å². The zero-order valence-electron chi connectivity index (χ0n) is 15.6. The van der Waals surface area contributed by atoms with Crippen molar-refractivity contribution in [2.24, 2.45) is 5.41 Å². The highest BCUT2D eigenvalue weighted by Crippen LogP contribution is 2.24. The second kappa shape index (κ2) is 7.31. The molecule has 1 aliphatic heterocycles. The molecule has 0 aromatic rings. The van der Waals surface area contributed by atoms with Crippen molar-refractivity contribution >= 4 is 5.91 Å². The summed E-state index contributed by atoms with van der Waals surface area (Å²) in [6.45, 7) is 15.4. The maximum atomic E-state index is 12.7. The highest BCUT2D eigenvalue weighted by molar-refractivity contribution is 5.83. The zero-order valence-corrected chi connectivity index (χ0v) is 15.6.